The van der Waals surface area contributed by atoms with Crippen LogP contribution in [0.5, 0.6) is 0 Å². The van der Waals surface area contributed by atoms with Crippen molar-refractivity contribution < 1.29 is 13.2 Å². The van der Waals surface area contributed by atoms with Crippen LogP contribution >= 0.6 is 34.5 Å². The highest BCUT2D eigenvalue weighted by molar-refractivity contribution is 7.89. The Hall–Kier alpha value is -1.12. The number of piperazine rings is 1. The lowest BCUT2D eigenvalue weighted by Gasteiger charge is -2.34. The molecule has 9 heteroatoms. The van der Waals surface area contributed by atoms with Crippen molar-refractivity contribution >= 4 is 50.5 Å². The Balaban J connectivity index is 1.72. The van der Waals surface area contributed by atoms with Crippen molar-refractivity contribution in [3.63, 3.8) is 0 Å². The summed E-state index contributed by atoms with van der Waals surface area (Å²) < 4.78 is 27.1. The van der Waals surface area contributed by atoms with Crippen LogP contribution in [0, 0.1) is 6.92 Å². The first-order valence-corrected chi connectivity index (χ1v) is 11.6. The Morgan fingerprint density at radius 2 is 1.81 bits per heavy atom. The van der Waals surface area contributed by atoms with Gasteiger partial charge >= 0.3 is 0 Å². The lowest BCUT2D eigenvalue weighted by atomic mass is 10.2. The highest BCUT2D eigenvalue weighted by Crippen LogP contribution is 2.29. The maximum Gasteiger partial charge on any atom is 0.264 e. The molecule has 0 atom stereocenters. The van der Waals surface area contributed by atoms with Gasteiger partial charge in [-0.05, 0) is 43.2 Å². The van der Waals surface area contributed by atoms with Crippen LogP contribution in [0.4, 0.5) is 0 Å². The number of nitrogens with zero attached hydrogens (tertiary/aromatic N) is 2. The summed E-state index contributed by atoms with van der Waals surface area (Å²) in [4.78, 5) is 16.3. The van der Waals surface area contributed by atoms with Crippen molar-refractivity contribution in [2.45, 2.75) is 25.2 Å². The van der Waals surface area contributed by atoms with Crippen LogP contribution in [-0.2, 0) is 16.4 Å². The van der Waals surface area contributed by atoms with Gasteiger partial charge in [-0.2, -0.15) is 4.31 Å². The molecule has 0 bridgehead atoms. The molecule has 0 aliphatic carbocycles. The number of amides is 1. The number of thiophene rings is 1. The lowest BCUT2D eigenvalue weighted by Crippen LogP contribution is -2.50. The van der Waals surface area contributed by atoms with Gasteiger partial charge in [-0.15, -0.1) is 11.3 Å². The standard InChI is InChI=1S/C18H20Cl2N2O3S2/c1-3-15-12(2)10-16(26-15)18(23)21-6-8-22(9-7-21)27(24,25)17-11-13(19)4-5-14(17)20/h4-5,10-11H,3,6-9H2,1-2H3. The average Bonchev–Trinajstić information content (AvgIpc) is 3.04. The minimum Gasteiger partial charge on any atom is -0.335 e. The van der Waals surface area contributed by atoms with E-state index in [4.69, 9.17) is 23.2 Å². The molecule has 27 heavy (non-hydrogen) atoms. The number of hydrogen-bond acceptors (Lipinski definition) is 4. The zero-order valence-corrected chi connectivity index (χ0v) is 18.2. The fourth-order valence-corrected chi connectivity index (χ4v) is 6.32. The zero-order valence-electron chi connectivity index (χ0n) is 15.0. The second kappa shape index (κ2) is 8.09. The Morgan fingerprint density at radius 1 is 1.15 bits per heavy atom. The first-order valence-electron chi connectivity index (χ1n) is 8.57. The first kappa shape index (κ1) is 20.6. The van der Waals surface area contributed by atoms with E-state index in [0.29, 0.717) is 23.0 Å². The number of hydrogen-bond donors (Lipinski definition) is 0. The highest BCUT2D eigenvalue weighted by Gasteiger charge is 2.32. The maximum atomic E-state index is 12.9. The van der Waals surface area contributed by atoms with Gasteiger partial charge in [-0.1, -0.05) is 30.1 Å². The Kier molecular flexibility index (Phi) is 6.17. The lowest BCUT2D eigenvalue weighted by molar-refractivity contribution is 0.0702. The molecule has 1 fully saturated rings. The van der Waals surface area contributed by atoms with Crippen molar-refractivity contribution in [2.24, 2.45) is 0 Å². The summed E-state index contributed by atoms with van der Waals surface area (Å²) in [5.41, 5.74) is 1.13. The van der Waals surface area contributed by atoms with Gasteiger partial charge in [0.2, 0.25) is 10.0 Å². The van der Waals surface area contributed by atoms with Gasteiger partial charge < -0.3 is 4.90 Å². The van der Waals surface area contributed by atoms with Crippen LogP contribution in [0.15, 0.2) is 29.2 Å². The summed E-state index contributed by atoms with van der Waals surface area (Å²) in [5.74, 6) is -0.0411. The quantitative estimate of drug-likeness (QED) is 0.710. The molecule has 146 valence electrons. The van der Waals surface area contributed by atoms with Gasteiger partial charge in [0.25, 0.3) is 5.91 Å². The van der Waals surface area contributed by atoms with E-state index >= 15 is 0 Å². The Morgan fingerprint density at radius 3 is 2.41 bits per heavy atom. The number of carbonyl (C=O) groups excluding carboxylic acids is 1. The molecular formula is C18H20Cl2N2O3S2. The summed E-state index contributed by atoms with van der Waals surface area (Å²) in [5, 5.41) is 0.450. The maximum absolute atomic E-state index is 12.9. The molecule has 0 saturated carbocycles. The van der Waals surface area contributed by atoms with Crippen LogP contribution in [0.1, 0.15) is 27.0 Å². The van der Waals surface area contributed by atoms with Crippen molar-refractivity contribution in [1.29, 1.82) is 0 Å². The second-order valence-electron chi connectivity index (χ2n) is 6.34. The zero-order chi connectivity index (χ0) is 19.8. The molecule has 0 spiro atoms. The van der Waals surface area contributed by atoms with Gasteiger partial charge in [0.1, 0.15) is 4.90 Å². The number of carbonyl (C=O) groups is 1. The topological polar surface area (TPSA) is 57.7 Å². The number of rotatable bonds is 4. The molecule has 0 N–H and O–H groups in total. The third-order valence-electron chi connectivity index (χ3n) is 4.59. The fourth-order valence-electron chi connectivity index (χ4n) is 3.08. The van der Waals surface area contributed by atoms with Gasteiger partial charge in [-0.25, -0.2) is 8.42 Å². The molecule has 2 heterocycles. The Labute approximate surface area is 173 Å². The monoisotopic (exact) mass is 446 g/mol. The molecule has 1 amide bonds. The molecule has 2 aromatic rings. The van der Waals surface area contributed by atoms with Gasteiger partial charge in [-0.3, -0.25) is 4.79 Å². The predicted molar refractivity (Wildman–Crippen MR) is 110 cm³/mol. The molecule has 3 rings (SSSR count). The van der Waals surface area contributed by atoms with E-state index in [1.807, 2.05) is 13.0 Å². The molecular weight excluding hydrogens is 427 g/mol. The van der Waals surface area contributed by atoms with Crippen LogP contribution in [-0.4, -0.2) is 49.7 Å². The molecule has 5 nitrogen and oxygen atoms in total. The second-order valence-corrected chi connectivity index (χ2v) is 10.2. The summed E-state index contributed by atoms with van der Waals surface area (Å²) in [7, 11) is -3.75. The minimum atomic E-state index is -3.75. The van der Waals surface area contributed by atoms with E-state index < -0.39 is 10.0 Å². The normalized spacial score (nSPS) is 15.9. The highest BCUT2D eigenvalue weighted by atomic mass is 35.5. The summed E-state index contributed by atoms with van der Waals surface area (Å²) in [6, 6.07) is 6.30. The van der Waals surface area contributed by atoms with E-state index in [0.717, 1.165) is 12.0 Å². The van der Waals surface area contributed by atoms with Crippen LogP contribution in [0.25, 0.3) is 0 Å². The van der Waals surface area contributed by atoms with Gasteiger partial charge in [0.05, 0.1) is 9.90 Å². The average molecular weight is 447 g/mol. The van der Waals surface area contributed by atoms with Crippen molar-refractivity contribution in [2.75, 3.05) is 26.2 Å². The first-order chi connectivity index (χ1) is 12.7. The SMILES string of the molecule is CCc1sc(C(=O)N2CCN(S(=O)(=O)c3cc(Cl)ccc3Cl)CC2)cc1C. The van der Waals surface area contributed by atoms with E-state index in [2.05, 4.69) is 6.92 Å². The van der Waals surface area contributed by atoms with Crippen LogP contribution in [0.3, 0.4) is 0 Å². The number of sulfonamides is 1. The minimum absolute atomic E-state index is 0.00193. The number of halogens is 2. The van der Waals surface area contributed by atoms with E-state index in [9.17, 15) is 13.2 Å². The number of aryl methyl sites for hydroxylation is 2. The fraction of sp³-hybridized carbons (Fsp3) is 0.389. The molecule has 1 aliphatic rings. The van der Waals surface area contributed by atoms with Crippen molar-refractivity contribution in [1.82, 2.24) is 9.21 Å². The Bertz CT molecular complexity index is 965. The number of benzene rings is 1. The van der Waals surface area contributed by atoms with Gasteiger partial charge in [0, 0.05) is 36.1 Å². The smallest absolute Gasteiger partial charge is 0.264 e. The molecule has 1 aliphatic heterocycles. The third kappa shape index (κ3) is 4.17. The molecule has 1 aromatic heterocycles. The van der Waals surface area contributed by atoms with E-state index in [-0.39, 0.29) is 28.9 Å². The van der Waals surface area contributed by atoms with Crippen molar-refractivity contribution in [3.05, 3.63) is 49.6 Å². The summed E-state index contributed by atoms with van der Waals surface area (Å²) in [6.07, 6.45) is 0.899. The van der Waals surface area contributed by atoms with Crippen molar-refractivity contribution in [3.8, 4) is 0 Å². The largest absolute Gasteiger partial charge is 0.335 e. The molecule has 0 unspecified atom stereocenters. The predicted octanol–water partition coefficient (Wildman–Crippen LogP) is 4.07. The molecule has 1 saturated heterocycles. The molecule has 0 radical (unpaired) electrons. The van der Waals surface area contributed by atoms with Crippen LogP contribution < -0.4 is 0 Å². The van der Waals surface area contributed by atoms with Crippen LogP contribution in [0.2, 0.25) is 10.0 Å². The third-order valence-corrected chi connectivity index (χ3v) is 8.57. The molecule has 1 aromatic carbocycles. The van der Waals surface area contributed by atoms with E-state index in [1.54, 1.807) is 11.0 Å². The van der Waals surface area contributed by atoms with Gasteiger partial charge in [0.15, 0.2) is 0 Å². The van der Waals surface area contributed by atoms with E-state index in [1.165, 1.54) is 32.7 Å². The summed E-state index contributed by atoms with van der Waals surface area (Å²) >= 11 is 13.5. The summed E-state index contributed by atoms with van der Waals surface area (Å²) in [6.45, 7) is 5.20.